The van der Waals surface area contributed by atoms with Crippen molar-refractivity contribution in [1.82, 2.24) is 0 Å². The average Bonchev–Trinajstić information content (AvgIpc) is 2.39. The molecule has 0 aliphatic heterocycles. The van der Waals surface area contributed by atoms with Crippen LogP contribution in [0.2, 0.25) is 0 Å². The second-order valence-electron chi connectivity index (χ2n) is 4.39. The summed E-state index contributed by atoms with van der Waals surface area (Å²) in [5.41, 5.74) is 7.57. The van der Waals surface area contributed by atoms with Crippen molar-refractivity contribution in [3.63, 3.8) is 0 Å². The van der Waals surface area contributed by atoms with Gasteiger partial charge < -0.3 is 10.8 Å². The van der Waals surface area contributed by atoms with E-state index in [1.54, 1.807) is 0 Å². The number of thioether (sulfide) groups is 1. The van der Waals surface area contributed by atoms with Crippen molar-refractivity contribution in [1.29, 1.82) is 0 Å². The normalized spacial score (nSPS) is 10.5. The number of aryl methyl sites for hydroxylation is 1. The maximum atomic E-state index is 13.8. The number of hydrogen-bond donors (Lipinski definition) is 2. The summed E-state index contributed by atoms with van der Waals surface area (Å²) in [4.78, 5) is 11.3. The van der Waals surface area contributed by atoms with E-state index in [4.69, 9.17) is 10.8 Å². The summed E-state index contributed by atoms with van der Waals surface area (Å²) >= 11 is 1.26. The van der Waals surface area contributed by atoms with Crippen LogP contribution < -0.4 is 5.73 Å². The molecule has 0 atom stereocenters. The van der Waals surface area contributed by atoms with E-state index in [-0.39, 0.29) is 11.3 Å². The maximum absolute atomic E-state index is 13.8. The molecule has 0 radical (unpaired) electrons. The fraction of sp³-hybridized carbons (Fsp3) is 0.133. The molecule has 2 aromatic carbocycles. The standard InChI is InChI=1S/C15H14FNO2S/c1-9-4-2-3-5-10(9)8-20-14-6-11(15(18)19)13(17)7-12(14)16/h2-7H,8,17H2,1H3,(H,18,19). The van der Waals surface area contributed by atoms with Crippen LogP contribution in [0.25, 0.3) is 0 Å². The number of carbonyl (C=O) groups is 1. The van der Waals surface area contributed by atoms with E-state index < -0.39 is 11.8 Å². The van der Waals surface area contributed by atoms with Crippen molar-refractivity contribution in [3.05, 3.63) is 58.9 Å². The Morgan fingerprint density at radius 3 is 2.70 bits per heavy atom. The molecular formula is C15H14FNO2S. The quantitative estimate of drug-likeness (QED) is 0.666. The molecule has 0 aliphatic rings. The van der Waals surface area contributed by atoms with E-state index in [1.165, 1.54) is 17.8 Å². The summed E-state index contributed by atoms with van der Waals surface area (Å²) < 4.78 is 13.8. The van der Waals surface area contributed by atoms with Gasteiger partial charge in [0.1, 0.15) is 5.82 Å². The Balaban J connectivity index is 2.24. The number of halogens is 1. The van der Waals surface area contributed by atoms with E-state index in [9.17, 15) is 9.18 Å². The Morgan fingerprint density at radius 2 is 2.05 bits per heavy atom. The van der Waals surface area contributed by atoms with Crippen LogP contribution in [0, 0.1) is 12.7 Å². The average molecular weight is 291 g/mol. The van der Waals surface area contributed by atoms with Crippen molar-refractivity contribution in [2.45, 2.75) is 17.6 Å². The molecule has 0 spiro atoms. The summed E-state index contributed by atoms with van der Waals surface area (Å²) in [5.74, 6) is -1.07. The Kier molecular flexibility index (Phi) is 4.29. The topological polar surface area (TPSA) is 63.3 Å². The first-order valence-electron chi connectivity index (χ1n) is 5.98. The zero-order valence-electron chi connectivity index (χ0n) is 10.9. The molecule has 0 amide bonds. The van der Waals surface area contributed by atoms with E-state index in [2.05, 4.69) is 0 Å². The van der Waals surface area contributed by atoms with Gasteiger partial charge >= 0.3 is 5.97 Å². The van der Waals surface area contributed by atoms with Crippen LogP contribution in [0.3, 0.4) is 0 Å². The first kappa shape index (κ1) is 14.4. The first-order chi connectivity index (χ1) is 9.49. The minimum Gasteiger partial charge on any atom is -0.478 e. The molecule has 2 aromatic rings. The van der Waals surface area contributed by atoms with E-state index in [0.29, 0.717) is 10.6 Å². The third-order valence-electron chi connectivity index (χ3n) is 2.98. The summed E-state index contributed by atoms with van der Waals surface area (Å²) in [6.07, 6.45) is 0. The zero-order chi connectivity index (χ0) is 14.7. The van der Waals surface area contributed by atoms with Gasteiger partial charge in [-0.15, -0.1) is 11.8 Å². The van der Waals surface area contributed by atoms with Crippen LogP contribution in [0.15, 0.2) is 41.3 Å². The van der Waals surface area contributed by atoms with Gasteiger partial charge in [0.25, 0.3) is 0 Å². The number of carboxylic acids is 1. The van der Waals surface area contributed by atoms with Crippen molar-refractivity contribution < 1.29 is 14.3 Å². The van der Waals surface area contributed by atoms with Gasteiger partial charge in [-0.05, 0) is 30.2 Å². The molecule has 5 heteroatoms. The van der Waals surface area contributed by atoms with Crippen LogP contribution in [0.4, 0.5) is 10.1 Å². The van der Waals surface area contributed by atoms with Crippen molar-refractivity contribution in [2.24, 2.45) is 0 Å². The molecule has 0 heterocycles. The first-order valence-corrected chi connectivity index (χ1v) is 6.97. The highest BCUT2D eigenvalue weighted by Gasteiger charge is 2.13. The van der Waals surface area contributed by atoms with Gasteiger partial charge in [-0.1, -0.05) is 24.3 Å². The van der Waals surface area contributed by atoms with Gasteiger partial charge in [0, 0.05) is 16.3 Å². The maximum Gasteiger partial charge on any atom is 0.337 e. The van der Waals surface area contributed by atoms with Gasteiger partial charge in [-0.25, -0.2) is 9.18 Å². The van der Waals surface area contributed by atoms with Gasteiger partial charge in [0.2, 0.25) is 0 Å². The monoisotopic (exact) mass is 291 g/mol. The van der Waals surface area contributed by atoms with Gasteiger partial charge in [0.15, 0.2) is 0 Å². The summed E-state index contributed by atoms with van der Waals surface area (Å²) in [6, 6.07) is 10.2. The van der Waals surface area contributed by atoms with Crippen LogP contribution in [0.5, 0.6) is 0 Å². The van der Waals surface area contributed by atoms with Crippen LogP contribution in [-0.2, 0) is 5.75 Å². The number of benzene rings is 2. The number of nitrogen functional groups attached to an aromatic ring is 1. The summed E-state index contributed by atoms with van der Waals surface area (Å²) in [7, 11) is 0. The molecule has 3 nitrogen and oxygen atoms in total. The van der Waals surface area contributed by atoms with Crippen LogP contribution in [-0.4, -0.2) is 11.1 Å². The molecule has 2 rings (SSSR count). The predicted octanol–water partition coefficient (Wildman–Crippen LogP) is 3.71. The molecule has 0 aliphatic carbocycles. The lowest BCUT2D eigenvalue weighted by molar-refractivity contribution is 0.0697. The largest absolute Gasteiger partial charge is 0.478 e. The lowest BCUT2D eigenvalue weighted by Gasteiger charge is -2.08. The highest BCUT2D eigenvalue weighted by Crippen LogP contribution is 2.30. The minimum atomic E-state index is -1.15. The highest BCUT2D eigenvalue weighted by molar-refractivity contribution is 7.98. The van der Waals surface area contributed by atoms with Gasteiger partial charge in [-0.2, -0.15) is 0 Å². The third kappa shape index (κ3) is 3.11. The van der Waals surface area contributed by atoms with Crippen LogP contribution in [0.1, 0.15) is 21.5 Å². The SMILES string of the molecule is Cc1ccccc1CSc1cc(C(=O)O)c(N)cc1F. The molecular weight excluding hydrogens is 277 g/mol. The Bertz CT molecular complexity index is 658. The fourth-order valence-electron chi connectivity index (χ4n) is 1.79. The molecule has 3 N–H and O–H groups in total. The van der Waals surface area contributed by atoms with Crippen molar-refractivity contribution in [3.8, 4) is 0 Å². The predicted molar refractivity (Wildman–Crippen MR) is 78.5 cm³/mol. The molecule has 0 saturated carbocycles. The number of rotatable bonds is 4. The molecule has 0 saturated heterocycles. The lowest BCUT2D eigenvalue weighted by Crippen LogP contribution is -2.03. The van der Waals surface area contributed by atoms with Crippen LogP contribution >= 0.6 is 11.8 Å². The van der Waals surface area contributed by atoms with E-state index in [1.807, 2.05) is 31.2 Å². The van der Waals surface area contributed by atoms with Gasteiger partial charge in [-0.3, -0.25) is 0 Å². The molecule has 0 unspecified atom stereocenters. The van der Waals surface area contributed by atoms with E-state index in [0.717, 1.165) is 17.2 Å². The zero-order valence-corrected chi connectivity index (χ0v) is 11.7. The summed E-state index contributed by atoms with van der Waals surface area (Å²) in [5, 5.41) is 9.00. The van der Waals surface area contributed by atoms with Gasteiger partial charge in [0.05, 0.1) is 5.56 Å². The second kappa shape index (κ2) is 5.96. The number of nitrogens with two attached hydrogens (primary N) is 1. The fourth-order valence-corrected chi connectivity index (χ4v) is 2.83. The Morgan fingerprint density at radius 1 is 1.35 bits per heavy atom. The van der Waals surface area contributed by atoms with E-state index >= 15 is 0 Å². The Hall–Kier alpha value is -2.01. The molecule has 0 bridgehead atoms. The van der Waals surface area contributed by atoms with Crippen molar-refractivity contribution in [2.75, 3.05) is 5.73 Å². The number of carboxylic acid groups (broad SMARTS) is 1. The molecule has 104 valence electrons. The summed E-state index contributed by atoms with van der Waals surface area (Å²) in [6.45, 7) is 1.98. The minimum absolute atomic E-state index is 0.0600. The molecule has 0 aromatic heterocycles. The highest BCUT2D eigenvalue weighted by atomic mass is 32.2. The Labute approximate surface area is 120 Å². The molecule has 20 heavy (non-hydrogen) atoms. The third-order valence-corrected chi connectivity index (χ3v) is 4.06. The second-order valence-corrected chi connectivity index (χ2v) is 5.41. The lowest BCUT2D eigenvalue weighted by atomic mass is 10.1. The van der Waals surface area contributed by atoms with Crippen molar-refractivity contribution >= 4 is 23.4 Å². The number of anilines is 1. The number of aromatic carboxylic acids is 1. The smallest absolute Gasteiger partial charge is 0.337 e. The number of hydrogen-bond acceptors (Lipinski definition) is 3. The molecule has 0 fully saturated rings.